The summed E-state index contributed by atoms with van der Waals surface area (Å²) in [6.07, 6.45) is 9.65. The van der Waals surface area contributed by atoms with Gasteiger partial charge in [0.05, 0.1) is 5.41 Å². The van der Waals surface area contributed by atoms with Crippen molar-refractivity contribution in [2.45, 2.75) is 65.4 Å². The molecule has 1 aliphatic heterocycles. The van der Waals surface area contributed by atoms with Crippen LogP contribution in [0.5, 0.6) is 0 Å². The third-order valence-corrected chi connectivity index (χ3v) is 6.01. The maximum absolute atomic E-state index is 12.7. The molecule has 2 heteroatoms. The Morgan fingerprint density at radius 1 is 1.37 bits per heavy atom. The van der Waals surface area contributed by atoms with Gasteiger partial charge in [-0.2, -0.15) is 0 Å². The summed E-state index contributed by atoms with van der Waals surface area (Å²) in [7, 11) is 0. The van der Waals surface area contributed by atoms with Crippen molar-refractivity contribution in [3.8, 4) is 0 Å². The molecule has 0 bridgehead atoms. The standard InChI is InChI=1S/C17H26O2/c1-4-13-10-15-11(2)9-12-7-5-6-8-14(12)17(15,3)16(18)19-13/h9,12-15H,4-8,10H2,1-3H3/t12?,13-,14?,15?,17-/m1/s1. The lowest BCUT2D eigenvalue weighted by molar-refractivity contribution is -0.184. The Kier molecular flexibility index (Phi) is 3.23. The summed E-state index contributed by atoms with van der Waals surface area (Å²) in [5, 5.41) is 0. The lowest BCUT2D eigenvalue weighted by atomic mass is 9.53. The van der Waals surface area contributed by atoms with Crippen molar-refractivity contribution in [1.29, 1.82) is 0 Å². The lowest BCUT2D eigenvalue weighted by Crippen LogP contribution is -2.54. The fraction of sp³-hybridized carbons (Fsp3) is 0.824. The third-order valence-electron chi connectivity index (χ3n) is 6.01. The number of hydrogen-bond donors (Lipinski definition) is 0. The number of esters is 1. The monoisotopic (exact) mass is 262 g/mol. The highest BCUT2D eigenvalue weighted by Gasteiger charge is 2.57. The highest BCUT2D eigenvalue weighted by atomic mass is 16.5. The molecule has 3 unspecified atom stereocenters. The summed E-state index contributed by atoms with van der Waals surface area (Å²) in [5.41, 5.74) is 1.19. The Morgan fingerprint density at radius 3 is 2.84 bits per heavy atom. The number of cyclic esters (lactones) is 1. The molecule has 5 atom stereocenters. The van der Waals surface area contributed by atoms with Crippen LogP contribution in [-0.2, 0) is 9.53 Å². The van der Waals surface area contributed by atoms with Gasteiger partial charge in [0.2, 0.25) is 0 Å². The van der Waals surface area contributed by atoms with E-state index in [1.54, 1.807) is 0 Å². The number of carbonyl (C=O) groups excluding carboxylic acids is 1. The molecular formula is C17H26O2. The van der Waals surface area contributed by atoms with E-state index >= 15 is 0 Å². The smallest absolute Gasteiger partial charge is 0.312 e. The SMILES string of the molecule is CC[C@@H]1CC2C(C)=CC3CCCCC3[C@@]2(C)C(=O)O1. The topological polar surface area (TPSA) is 26.3 Å². The van der Waals surface area contributed by atoms with Crippen LogP contribution in [-0.4, -0.2) is 12.1 Å². The minimum absolute atomic E-state index is 0.0833. The fourth-order valence-corrected chi connectivity index (χ4v) is 4.85. The molecule has 1 saturated heterocycles. The molecular weight excluding hydrogens is 236 g/mol. The van der Waals surface area contributed by atoms with Gasteiger partial charge >= 0.3 is 5.97 Å². The van der Waals surface area contributed by atoms with Crippen molar-refractivity contribution < 1.29 is 9.53 Å². The van der Waals surface area contributed by atoms with Gasteiger partial charge in [0, 0.05) is 0 Å². The Hall–Kier alpha value is -0.790. The van der Waals surface area contributed by atoms with Crippen LogP contribution in [0.25, 0.3) is 0 Å². The first kappa shape index (κ1) is 13.2. The van der Waals surface area contributed by atoms with Gasteiger partial charge in [0.15, 0.2) is 0 Å². The molecule has 0 amide bonds. The van der Waals surface area contributed by atoms with Crippen LogP contribution in [0.1, 0.15) is 59.3 Å². The molecule has 2 aliphatic carbocycles. The van der Waals surface area contributed by atoms with E-state index < -0.39 is 0 Å². The van der Waals surface area contributed by atoms with Crippen molar-refractivity contribution in [1.82, 2.24) is 0 Å². The first-order valence-corrected chi connectivity index (χ1v) is 7.96. The van der Waals surface area contributed by atoms with Gasteiger partial charge in [-0.3, -0.25) is 4.79 Å². The number of rotatable bonds is 1. The van der Waals surface area contributed by atoms with E-state index in [-0.39, 0.29) is 17.5 Å². The largest absolute Gasteiger partial charge is 0.462 e. The van der Waals surface area contributed by atoms with E-state index in [0.29, 0.717) is 17.8 Å². The number of fused-ring (bicyclic) bond motifs is 3. The summed E-state index contributed by atoms with van der Waals surface area (Å²) in [5.74, 6) is 1.62. The number of hydrogen-bond acceptors (Lipinski definition) is 2. The summed E-state index contributed by atoms with van der Waals surface area (Å²) in [6, 6.07) is 0. The summed E-state index contributed by atoms with van der Waals surface area (Å²) in [4.78, 5) is 12.7. The van der Waals surface area contributed by atoms with Gasteiger partial charge in [-0.15, -0.1) is 0 Å². The van der Waals surface area contributed by atoms with E-state index in [1.165, 1.54) is 31.3 Å². The summed E-state index contributed by atoms with van der Waals surface area (Å²) >= 11 is 0. The molecule has 2 fully saturated rings. The van der Waals surface area contributed by atoms with Crippen LogP contribution in [0.3, 0.4) is 0 Å². The molecule has 2 nitrogen and oxygen atoms in total. The van der Waals surface area contributed by atoms with Gasteiger partial charge < -0.3 is 4.74 Å². The van der Waals surface area contributed by atoms with E-state index in [4.69, 9.17) is 4.74 Å². The van der Waals surface area contributed by atoms with Crippen LogP contribution in [0.2, 0.25) is 0 Å². The molecule has 1 heterocycles. The predicted octanol–water partition coefficient (Wildman–Crippen LogP) is 4.10. The quantitative estimate of drug-likeness (QED) is 0.525. The van der Waals surface area contributed by atoms with Gasteiger partial charge in [0.25, 0.3) is 0 Å². The second-order valence-electron chi connectivity index (χ2n) is 6.97. The molecule has 0 spiro atoms. The Balaban J connectivity index is 2.00. The molecule has 19 heavy (non-hydrogen) atoms. The Morgan fingerprint density at radius 2 is 2.11 bits per heavy atom. The molecule has 3 aliphatic rings. The van der Waals surface area contributed by atoms with Crippen molar-refractivity contribution in [2.24, 2.45) is 23.2 Å². The zero-order valence-corrected chi connectivity index (χ0v) is 12.4. The summed E-state index contributed by atoms with van der Waals surface area (Å²) in [6.45, 7) is 6.54. The van der Waals surface area contributed by atoms with Crippen molar-refractivity contribution in [3.63, 3.8) is 0 Å². The second kappa shape index (κ2) is 4.64. The van der Waals surface area contributed by atoms with Crippen molar-refractivity contribution >= 4 is 5.97 Å². The molecule has 3 rings (SSSR count). The highest BCUT2D eigenvalue weighted by Crippen LogP contribution is 2.56. The average molecular weight is 262 g/mol. The van der Waals surface area contributed by atoms with E-state index in [0.717, 1.165) is 12.8 Å². The normalized spacial score (nSPS) is 45.8. The Labute approximate surface area is 116 Å². The van der Waals surface area contributed by atoms with E-state index in [9.17, 15) is 4.79 Å². The van der Waals surface area contributed by atoms with Crippen molar-refractivity contribution in [2.75, 3.05) is 0 Å². The molecule has 0 aromatic rings. The van der Waals surface area contributed by atoms with Crippen molar-refractivity contribution in [3.05, 3.63) is 11.6 Å². The third kappa shape index (κ3) is 1.86. The maximum atomic E-state index is 12.7. The van der Waals surface area contributed by atoms with Gasteiger partial charge in [-0.25, -0.2) is 0 Å². The molecule has 0 N–H and O–H groups in total. The molecule has 0 radical (unpaired) electrons. The van der Waals surface area contributed by atoms with Gasteiger partial charge in [0.1, 0.15) is 6.10 Å². The zero-order valence-electron chi connectivity index (χ0n) is 12.4. The number of carbonyl (C=O) groups is 1. The highest BCUT2D eigenvalue weighted by molar-refractivity contribution is 5.79. The van der Waals surface area contributed by atoms with Gasteiger partial charge in [-0.05, 0) is 57.3 Å². The second-order valence-corrected chi connectivity index (χ2v) is 6.97. The van der Waals surface area contributed by atoms with E-state index in [2.05, 4.69) is 26.8 Å². The summed E-state index contributed by atoms with van der Waals surface area (Å²) < 4.78 is 5.74. The van der Waals surface area contributed by atoms with Crippen LogP contribution in [0.15, 0.2) is 11.6 Å². The van der Waals surface area contributed by atoms with Crippen LogP contribution < -0.4 is 0 Å². The first-order valence-electron chi connectivity index (χ1n) is 7.96. The molecule has 106 valence electrons. The molecule has 0 aromatic carbocycles. The number of allylic oxidation sites excluding steroid dienone is 2. The fourth-order valence-electron chi connectivity index (χ4n) is 4.85. The minimum Gasteiger partial charge on any atom is -0.462 e. The minimum atomic E-state index is -0.254. The van der Waals surface area contributed by atoms with Crippen LogP contribution >= 0.6 is 0 Å². The van der Waals surface area contributed by atoms with Crippen LogP contribution in [0.4, 0.5) is 0 Å². The molecule has 1 saturated carbocycles. The number of ether oxygens (including phenoxy) is 1. The lowest BCUT2D eigenvalue weighted by Gasteiger charge is -2.53. The van der Waals surface area contributed by atoms with E-state index in [1.807, 2.05) is 0 Å². The Bertz CT molecular complexity index is 411. The predicted molar refractivity (Wildman–Crippen MR) is 75.6 cm³/mol. The van der Waals surface area contributed by atoms with Crippen LogP contribution in [0, 0.1) is 23.2 Å². The zero-order chi connectivity index (χ0) is 13.6. The first-order chi connectivity index (χ1) is 9.07. The average Bonchev–Trinajstić information content (AvgIpc) is 2.41. The maximum Gasteiger partial charge on any atom is 0.312 e. The molecule has 0 aromatic heterocycles. The van der Waals surface area contributed by atoms with Gasteiger partial charge in [-0.1, -0.05) is 31.4 Å².